The normalized spacial score (nSPS) is 19.1. The van der Waals surface area contributed by atoms with E-state index in [1.165, 1.54) is 0 Å². The molecule has 0 spiro atoms. The molecule has 0 aliphatic carbocycles. The molecule has 2 N–H and O–H groups in total. The predicted molar refractivity (Wildman–Crippen MR) is 93.5 cm³/mol. The van der Waals surface area contributed by atoms with E-state index in [9.17, 15) is 13.2 Å². The van der Waals surface area contributed by atoms with Crippen LogP contribution in [0.2, 0.25) is 0 Å². The maximum absolute atomic E-state index is 12.4. The van der Waals surface area contributed by atoms with E-state index in [0.717, 1.165) is 11.1 Å². The summed E-state index contributed by atoms with van der Waals surface area (Å²) in [7, 11) is -3.02. The lowest BCUT2D eigenvalue weighted by molar-refractivity contribution is 0.236. The summed E-state index contributed by atoms with van der Waals surface area (Å²) in [6.45, 7) is 0. The van der Waals surface area contributed by atoms with E-state index >= 15 is 0 Å². The van der Waals surface area contributed by atoms with Crippen molar-refractivity contribution in [3.05, 3.63) is 71.8 Å². The molecule has 1 fully saturated rings. The van der Waals surface area contributed by atoms with E-state index in [1.807, 2.05) is 60.7 Å². The summed E-state index contributed by atoms with van der Waals surface area (Å²) >= 11 is 0. The van der Waals surface area contributed by atoms with Crippen LogP contribution in [0.5, 0.6) is 0 Å². The molecule has 3 rings (SSSR count). The first-order valence-corrected chi connectivity index (χ1v) is 9.73. The van der Waals surface area contributed by atoms with Crippen LogP contribution < -0.4 is 10.6 Å². The number of sulfone groups is 1. The number of hydrogen-bond donors (Lipinski definition) is 2. The van der Waals surface area contributed by atoms with Gasteiger partial charge >= 0.3 is 6.03 Å². The molecule has 0 radical (unpaired) electrons. The van der Waals surface area contributed by atoms with E-state index in [0.29, 0.717) is 6.42 Å². The van der Waals surface area contributed by atoms with Crippen molar-refractivity contribution in [3.63, 3.8) is 0 Å². The van der Waals surface area contributed by atoms with Gasteiger partial charge in [0.25, 0.3) is 0 Å². The third kappa shape index (κ3) is 4.14. The Morgan fingerprint density at radius 1 is 0.958 bits per heavy atom. The number of amides is 2. The standard InChI is InChI=1S/C18H20N2O3S/c21-18(19-16-11-12-24(22,23)13-16)20-17(14-7-3-1-4-8-14)15-9-5-2-6-10-15/h1-10,16-17H,11-13H2,(H2,19,20,21). The molecule has 2 amide bonds. The average molecular weight is 344 g/mol. The molecule has 1 atom stereocenters. The second-order valence-corrected chi connectivity index (χ2v) is 8.20. The summed E-state index contributed by atoms with van der Waals surface area (Å²) in [6, 6.07) is 18.4. The maximum atomic E-state index is 12.4. The van der Waals surface area contributed by atoms with Gasteiger partial charge in [0.05, 0.1) is 17.5 Å². The van der Waals surface area contributed by atoms with Crippen LogP contribution >= 0.6 is 0 Å². The van der Waals surface area contributed by atoms with Gasteiger partial charge in [-0.25, -0.2) is 13.2 Å². The molecule has 1 unspecified atom stereocenters. The van der Waals surface area contributed by atoms with Crippen LogP contribution in [-0.2, 0) is 9.84 Å². The first kappa shape index (κ1) is 16.5. The zero-order valence-electron chi connectivity index (χ0n) is 13.2. The SMILES string of the molecule is O=C(NC1CCS(=O)(=O)C1)NC(c1ccccc1)c1ccccc1. The van der Waals surface area contributed by atoms with Crippen molar-refractivity contribution in [2.45, 2.75) is 18.5 Å². The van der Waals surface area contributed by atoms with Crippen molar-refractivity contribution in [3.8, 4) is 0 Å². The lowest BCUT2D eigenvalue weighted by Gasteiger charge is -2.21. The lowest BCUT2D eigenvalue weighted by atomic mass is 9.99. The Balaban J connectivity index is 1.74. The highest BCUT2D eigenvalue weighted by molar-refractivity contribution is 7.91. The van der Waals surface area contributed by atoms with E-state index in [2.05, 4.69) is 10.6 Å². The number of nitrogens with one attached hydrogen (secondary N) is 2. The van der Waals surface area contributed by atoms with Crippen molar-refractivity contribution in [2.24, 2.45) is 0 Å². The number of hydrogen-bond acceptors (Lipinski definition) is 3. The molecule has 2 aromatic carbocycles. The Kier molecular flexibility index (Phi) is 4.85. The fourth-order valence-electron chi connectivity index (χ4n) is 2.92. The number of carbonyl (C=O) groups is 1. The molecular formula is C18H20N2O3S. The van der Waals surface area contributed by atoms with Crippen molar-refractivity contribution in [1.29, 1.82) is 0 Å². The third-order valence-electron chi connectivity index (χ3n) is 4.11. The van der Waals surface area contributed by atoms with Crippen LogP contribution in [0.4, 0.5) is 4.79 Å². The Hall–Kier alpha value is -2.34. The summed E-state index contributed by atoms with van der Waals surface area (Å²) in [5.74, 6) is 0.153. The zero-order valence-corrected chi connectivity index (χ0v) is 14.0. The van der Waals surface area contributed by atoms with Gasteiger partial charge in [-0.05, 0) is 17.5 Å². The Bertz CT molecular complexity index is 752. The number of carbonyl (C=O) groups excluding carboxylic acids is 1. The molecule has 1 heterocycles. The van der Waals surface area contributed by atoms with E-state index in [1.54, 1.807) is 0 Å². The third-order valence-corrected chi connectivity index (χ3v) is 5.88. The van der Waals surface area contributed by atoms with Gasteiger partial charge in [-0.3, -0.25) is 0 Å². The zero-order chi connectivity index (χ0) is 17.0. The fraction of sp³-hybridized carbons (Fsp3) is 0.278. The molecule has 24 heavy (non-hydrogen) atoms. The molecule has 1 aliphatic heterocycles. The summed E-state index contributed by atoms with van der Waals surface area (Å²) in [4.78, 5) is 12.4. The molecule has 0 bridgehead atoms. The fourth-order valence-corrected chi connectivity index (χ4v) is 4.59. The molecule has 1 aliphatic rings. The molecular weight excluding hydrogens is 324 g/mol. The molecule has 0 saturated carbocycles. The highest BCUT2D eigenvalue weighted by atomic mass is 32.2. The van der Waals surface area contributed by atoms with Gasteiger partial charge in [-0.2, -0.15) is 0 Å². The summed E-state index contributed by atoms with van der Waals surface area (Å²) in [5, 5.41) is 5.73. The van der Waals surface area contributed by atoms with Gasteiger partial charge in [-0.15, -0.1) is 0 Å². The molecule has 0 aromatic heterocycles. The largest absolute Gasteiger partial charge is 0.334 e. The van der Waals surface area contributed by atoms with Gasteiger partial charge in [0.1, 0.15) is 0 Å². The van der Waals surface area contributed by atoms with Crippen LogP contribution in [0.1, 0.15) is 23.6 Å². The quantitative estimate of drug-likeness (QED) is 0.893. The molecule has 5 nitrogen and oxygen atoms in total. The molecule has 126 valence electrons. The minimum absolute atomic E-state index is 0.0156. The summed E-state index contributed by atoms with van der Waals surface area (Å²) < 4.78 is 23.0. The second kappa shape index (κ2) is 7.05. The number of rotatable bonds is 4. The Labute approximate surface area is 142 Å². The Morgan fingerprint density at radius 3 is 1.96 bits per heavy atom. The number of urea groups is 1. The highest BCUT2D eigenvalue weighted by Gasteiger charge is 2.29. The minimum Gasteiger partial charge on any atom is -0.334 e. The number of benzene rings is 2. The minimum atomic E-state index is -3.02. The topological polar surface area (TPSA) is 75.3 Å². The van der Waals surface area contributed by atoms with Gasteiger partial charge in [0.15, 0.2) is 9.84 Å². The average Bonchev–Trinajstić information content (AvgIpc) is 2.93. The van der Waals surface area contributed by atoms with Gasteiger partial charge < -0.3 is 10.6 Å². The molecule has 6 heteroatoms. The molecule has 1 saturated heterocycles. The summed E-state index contributed by atoms with van der Waals surface area (Å²) in [5.41, 5.74) is 1.94. The second-order valence-electron chi connectivity index (χ2n) is 5.97. The maximum Gasteiger partial charge on any atom is 0.315 e. The van der Waals surface area contributed by atoms with Gasteiger partial charge in [0.2, 0.25) is 0 Å². The summed E-state index contributed by atoms with van der Waals surface area (Å²) in [6.07, 6.45) is 0.469. The van der Waals surface area contributed by atoms with Crippen molar-refractivity contribution in [2.75, 3.05) is 11.5 Å². The Morgan fingerprint density at radius 2 is 1.50 bits per heavy atom. The van der Waals surface area contributed by atoms with E-state index in [-0.39, 0.29) is 29.6 Å². The lowest BCUT2D eigenvalue weighted by Crippen LogP contribution is -2.44. The van der Waals surface area contributed by atoms with E-state index < -0.39 is 9.84 Å². The monoisotopic (exact) mass is 344 g/mol. The first-order chi connectivity index (χ1) is 11.5. The van der Waals surface area contributed by atoms with Crippen LogP contribution in [0, 0.1) is 0 Å². The first-order valence-electron chi connectivity index (χ1n) is 7.91. The highest BCUT2D eigenvalue weighted by Crippen LogP contribution is 2.21. The van der Waals surface area contributed by atoms with Crippen LogP contribution in [-0.4, -0.2) is 32.0 Å². The van der Waals surface area contributed by atoms with Crippen molar-refractivity contribution in [1.82, 2.24) is 10.6 Å². The molecule has 2 aromatic rings. The van der Waals surface area contributed by atoms with Crippen LogP contribution in [0.15, 0.2) is 60.7 Å². The van der Waals surface area contributed by atoms with Crippen LogP contribution in [0.3, 0.4) is 0 Å². The van der Waals surface area contributed by atoms with Crippen LogP contribution in [0.25, 0.3) is 0 Å². The van der Waals surface area contributed by atoms with Gasteiger partial charge in [-0.1, -0.05) is 60.7 Å². The van der Waals surface area contributed by atoms with Crippen molar-refractivity contribution >= 4 is 15.9 Å². The van der Waals surface area contributed by atoms with Gasteiger partial charge in [0, 0.05) is 6.04 Å². The smallest absolute Gasteiger partial charge is 0.315 e. The predicted octanol–water partition coefficient (Wildman–Crippen LogP) is 2.26. The van der Waals surface area contributed by atoms with E-state index in [4.69, 9.17) is 0 Å². The van der Waals surface area contributed by atoms with Crippen molar-refractivity contribution < 1.29 is 13.2 Å².